The first-order valence-electron chi connectivity index (χ1n) is 7.54. The van der Waals surface area contributed by atoms with E-state index in [1.807, 2.05) is 13.0 Å². The van der Waals surface area contributed by atoms with Gasteiger partial charge in [0.25, 0.3) is 0 Å². The number of nitrogens with one attached hydrogen (secondary N) is 1. The number of aliphatic hydroxyl groups is 1. The van der Waals surface area contributed by atoms with Gasteiger partial charge in [-0.3, -0.25) is 0 Å². The van der Waals surface area contributed by atoms with E-state index in [0.717, 1.165) is 44.0 Å². The molecule has 0 bridgehead atoms. The summed E-state index contributed by atoms with van der Waals surface area (Å²) in [5.41, 5.74) is 2.54. The number of piperidine rings is 1. The number of hydrogen-bond donors (Lipinski definition) is 2. The Balaban J connectivity index is 2.09. The minimum absolute atomic E-state index is 0.197. The summed E-state index contributed by atoms with van der Waals surface area (Å²) < 4.78 is 0. The fraction of sp³-hybridized carbons (Fsp3) is 0.625. The fourth-order valence-electron chi connectivity index (χ4n) is 2.86. The van der Waals surface area contributed by atoms with E-state index in [-0.39, 0.29) is 6.10 Å². The lowest BCUT2D eigenvalue weighted by molar-refractivity contribution is 0.110. The molecule has 4 heteroatoms. The molecule has 1 aliphatic heterocycles. The second-order valence-corrected chi connectivity index (χ2v) is 6.05. The van der Waals surface area contributed by atoms with Gasteiger partial charge in [-0.2, -0.15) is 0 Å². The summed E-state index contributed by atoms with van der Waals surface area (Å²) >= 11 is 6.16. The van der Waals surface area contributed by atoms with Crippen LogP contribution in [0.1, 0.15) is 32.3 Å². The third-order valence-corrected chi connectivity index (χ3v) is 4.41. The number of nitrogens with zero attached hydrogens (tertiary/aromatic N) is 1. The van der Waals surface area contributed by atoms with E-state index in [1.165, 1.54) is 11.3 Å². The molecule has 1 atom stereocenters. The van der Waals surface area contributed by atoms with Crippen molar-refractivity contribution >= 4 is 17.3 Å². The molecule has 1 aromatic rings. The Morgan fingerprint density at radius 3 is 2.70 bits per heavy atom. The second-order valence-electron chi connectivity index (χ2n) is 5.62. The first-order chi connectivity index (χ1) is 9.61. The number of aliphatic hydroxyl groups excluding tert-OH is 1. The molecular formula is C16H25ClN2O. The first-order valence-corrected chi connectivity index (χ1v) is 7.91. The van der Waals surface area contributed by atoms with Gasteiger partial charge in [0.15, 0.2) is 0 Å². The van der Waals surface area contributed by atoms with Crippen LogP contribution < -0.4 is 10.2 Å². The van der Waals surface area contributed by atoms with Crippen molar-refractivity contribution in [2.45, 2.75) is 39.3 Å². The molecule has 1 fully saturated rings. The standard InChI is InChI=1S/C16H25ClN2O/c1-3-18-11-14-4-5-15(17)10-16(14)19-8-6-13(7-9-19)12(2)20/h4-5,10,12-13,18,20H,3,6-9,11H2,1-2H3. The van der Waals surface area contributed by atoms with Crippen LogP contribution >= 0.6 is 11.6 Å². The van der Waals surface area contributed by atoms with Gasteiger partial charge >= 0.3 is 0 Å². The average molecular weight is 297 g/mol. The first kappa shape index (κ1) is 15.6. The van der Waals surface area contributed by atoms with Crippen LogP contribution in [0, 0.1) is 5.92 Å². The summed E-state index contributed by atoms with van der Waals surface area (Å²) in [5.74, 6) is 0.433. The van der Waals surface area contributed by atoms with Gasteiger partial charge in [0.05, 0.1) is 6.10 Å². The van der Waals surface area contributed by atoms with Gasteiger partial charge in [0, 0.05) is 30.3 Å². The predicted octanol–water partition coefficient (Wildman–Crippen LogP) is 3.05. The Morgan fingerprint density at radius 1 is 1.40 bits per heavy atom. The topological polar surface area (TPSA) is 35.5 Å². The lowest BCUT2D eigenvalue weighted by atomic mass is 9.91. The summed E-state index contributed by atoms with van der Waals surface area (Å²) in [7, 11) is 0. The smallest absolute Gasteiger partial charge is 0.0541 e. The molecule has 1 saturated heterocycles. The molecule has 1 aromatic carbocycles. The van der Waals surface area contributed by atoms with E-state index < -0.39 is 0 Å². The van der Waals surface area contributed by atoms with E-state index in [1.54, 1.807) is 0 Å². The van der Waals surface area contributed by atoms with E-state index in [2.05, 4.69) is 29.3 Å². The fourth-order valence-corrected chi connectivity index (χ4v) is 3.03. The lowest BCUT2D eigenvalue weighted by Gasteiger charge is -2.36. The van der Waals surface area contributed by atoms with E-state index >= 15 is 0 Å². The van der Waals surface area contributed by atoms with Crippen LogP contribution in [0.5, 0.6) is 0 Å². The minimum atomic E-state index is -0.197. The molecule has 1 heterocycles. The Labute approximate surface area is 126 Å². The van der Waals surface area contributed by atoms with Gasteiger partial charge in [-0.1, -0.05) is 24.6 Å². The van der Waals surface area contributed by atoms with Crippen LogP contribution in [0.4, 0.5) is 5.69 Å². The van der Waals surface area contributed by atoms with Crippen LogP contribution in [0.2, 0.25) is 5.02 Å². The maximum absolute atomic E-state index is 9.70. The molecular weight excluding hydrogens is 272 g/mol. The zero-order valence-corrected chi connectivity index (χ0v) is 13.2. The number of hydrogen-bond acceptors (Lipinski definition) is 3. The Morgan fingerprint density at radius 2 is 2.10 bits per heavy atom. The average Bonchev–Trinajstić information content (AvgIpc) is 2.46. The SMILES string of the molecule is CCNCc1ccc(Cl)cc1N1CCC(C(C)O)CC1. The molecule has 0 spiro atoms. The van der Waals surface area contributed by atoms with Crippen molar-refractivity contribution in [2.24, 2.45) is 5.92 Å². The highest BCUT2D eigenvalue weighted by Gasteiger charge is 2.23. The van der Waals surface area contributed by atoms with Crippen molar-refractivity contribution in [1.29, 1.82) is 0 Å². The Hall–Kier alpha value is -0.770. The second kappa shape index (κ2) is 7.30. The summed E-state index contributed by atoms with van der Waals surface area (Å²) in [6, 6.07) is 6.14. The summed E-state index contributed by atoms with van der Waals surface area (Å²) in [6.45, 7) is 7.84. The highest BCUT2D eigenvalue weighted by molar-refractivity contribution is 6.30. The molecule has 1 aliphatic rings. The molecule has 3 nitrogen and oxygen atoms in total. The highest BCUT2D eigenvalue weighted by Crippen LogP contribution is 2.30. The number of anilines is 1. The molecule has 0 amide bonds. The molecule has 20 heavy (non-hydrogen) atoms. The largest absolute Gasteiger partial charge is 0.393 e. The molecule has 1 unspecified atom stereocenters. The Kier molecular flexibility index (Phi) is 5.70. The zero-order chi connectivity index (χ0) is 14.5. The van der Waals surface area contributed by atoms with Crippen LogP contribution in [0.3, 0.4) is 0 Å². The van der Waals surface area contributed by atoms with Gasteiger partial charge in [-0.15, -0.1) is 0 Å². The number of halogens is 1. The third-order valence-electron chi connectivity index (χ3n) is 4.18. The third kappa shape index (κ3) is 3.87. The molecule has 0 aliphatic carbocycles. The van der Waals surface area contributed by atoms with Crippen LogP contribution in [0.25, 0.3) is 0 Å². The normalized spacial score (nSPS) is 18.3. The quantitative estimate of drug-likeness (QED) is 0.877. The van der Waals surface area contributed by atoms with Gasteiger partial charge in [0.2, 0.25) is 0 Å². The molecule has 0 radical (unpaired) electrons. The number of rotatable bonds is 5. The van der Waals surface area contributed by atoms with Crippen LogP contribution in [0.15, 0.2) is 18.2 Å². The van der Waals surface area contributed by atoms with Crippen LogP contribution in [-0.2, 0) is 6.54 Å². The van der Waals surface area contributed by atoms with E-state index in [9.17, 15) is 5.11 Å². The van der Waals surface area contributed by atoms with Crippen molar-refractivity contribution in [3.8, 4) is 0 Å². The van der Waals surface area contributed by atoms with E-state index in [0.29, 0.717) is 5.92 Å². The van der Waals surface area contributed by atoms with Gasteiger partial charge in [0.1, 0.15) is 0 Å². The monoisotopic (exact) mass is 296 g/mol. The van der Waals surface area contributed by atoms with Crippen molar-refractivity contribution < 1.29 is 5.11 Å². The predicted molar refractivity (Wildman–Crippen MR) is 85.5 cm³/mol. The van der Waals surface area contributed by atoms with Gasteiger partial charge in [-0.05, 0) is 49.9 Å². The molecule has 112 valence electrons. The number of benzene rings is 1. The maximum atomic E-state index is 9.70. The minimum Gasteiger partial charge on any atom is -0.393 e. The summed E-state index contributed by atoms with van der Waals surface area (Å²) in [6.07, 6.45) is 1.90. The maximum Gasteiger partial charge on any atom is 0.0541 e. The van der Waals surface area contributed by atoms with Crippen molar-refractivity contribution in [3.05, 3.63) is 28.8 Å². The highest BCUT2D eigenvalue weighted by atomic mass is 35.5. The van der Waals surface area contributed by atoms with Crippen molar-refractivity contribution in [2.75, 3.05) is 24.5 Å². The lowest BCUT2D eigenvalue weighted by Crippen LogP contribution is -2.37. The molecule has 2 N–H and O–H groups in total. The van der Waals surface area contributed by atoms with Crippen molar-refractivity contribution in [1.82, 2.24) is 5.32 Å². The van der Waals surface area contributed by atoms with E-state index in [4.69, 9.17) is 11.6 Å². The van der Waals surface area contributed by atoms with Gasteiger partial charge < -0.3 is 15.3 Å². The van der Waals surface area contributed by atoms with Gasteiger partial charge in [-0.25, -0.2) is 0 Å². The molecule has 0 saturated carbocycles. The summed E-state index contributed by atoms with van der Waals surface area (Å²) in [4.78, 5) is 2.40. The van der Waals surface area contributed by atoms with Crippen LogP contribution in [-0.4, -0.2) is 30.8 Å². The molecule has 2 rings (SSSR count). The molecule has 0 aromatic heterocycles. The zero-order valence-electron chi connectivity index (χ0n) is 12.4. The van der Waals surface area contributed by atoms with Crippen molar-refractivity contribution in [3.63, 3.8) is 0 Å². The Bertz CT molecular complexity index is 428. The summed E-state index contributed by atoms with van der Waals surface area (Å²) in [5, 5.41) is 13.9.